The first-order valence-electron chi connectivity index (χ1n) is 7.24. The zero-order chi connectivity index (χ0) is 17.8. The third-order valence-corrected chi connectivity index (χ3v) is 5.53. The summed E-state index contributed by atoms with van der Waals surface area (Å²) in [6, 6.07) is 16.9. The van der Waals surface area contributed by atoms with E-state index in [0.717, 1.165) is 17.5 Å². The van der Waals surface area contributed by atoms with Crippen LogP contribution in [0.1, 0.15) is 21.6 Å². The fourth-order valence-corrected chi connectivity index (χ4v) is 3.77. The van der Waals surface area contributed by atoms with Gasteiger partial charge in [0.15, 0.2) is 11.4 Å². The zero-order valence-corrected chi connectivity index (χ0v) is 16.0. The summed E-state index contributed by atoms with van der Waals surface area (Å²) in [6.45, 7) is 0.557. The number of carbonyl (C=O) groups excluding carboxylic acids is 1. The number of nitriles is 1. The van der Waals surface area contributed by atoms with Gasteiger partial charge in [-0.15, -0.1) is 0 Å². The molecule has 0 aliphatic carbocycles. The van der Waals surface area contributed by atoms with Crippen LogP contribution in [0.5, 0.6) is 0 Å². The van der Waals surface area contributed by atoms with Crippen molar-refractivity contribution in [2.45, 2.75) is 6.54 Å². The summed E-state index contributed by atoms with van der Waals surface area (Å²) in [7, 11) is 0. The fraction of sp³-hybridized carbons (Fsp3) is 0.0556. The van der Waals surface area contributed by atoms with Crippen LogP contribution in [0.3, 0.4) is 0 Å². The Kier molecular flexibility index (Phi) is 5.49. The van der Waals surface area contributed by atoms with Crippen molar-refractivity contribution in [3.05, 3.63) is 74.2 Å². The van der Waals surface area contributed by atoms with Crippen LogP contribution in [-0.4, -0.2) is 11.3 Å². The minimum Gasteiger partial charge on any atom is -0.313 e. The van der Waals surface area contributed by atoms with Crippen molar-refractivity contribution >= 4 is 56.0 Å². The van der Waals surface area contributed by atoms with Crippen LogP contribution in [-0.2, 0) is 6.54 Å². The van der Waals surface area contributed by atoms with Gasteiger partial charge in [-0.25, -0.2) is 4.98 Å². The number of benzene rings is 2. The van der Waals surface area contributed by atoms with Crippen LogP contribution < -0.4 is 4.90 Å². The summed E-state index contributed by atoms with van der Waals surface area (Å²) in [6.07, 6.45) is 0.726. The number of halogens is 2. The lowest BCUT2D eigenvalue weighted by molar-refractivity contribution is 0.111. The van der Waals surface area contributed by atoms with Gasteiger partial charge in [0.2, 0.25) is 0 Å². The molecule has 0 aliphatic rings. The van der Waals surface area contributed by atoms with Gasteiger partial charge >= 0.3 is 0 Å². The highest BCUT2D eigenvalue weighted by atomic mass is 79.9. The zero-order valence-electron chi connectivity index (χ0n) is 12.8. The van der Waals surface area contributed by atoms with Crippen LogP contribution in [0, 0.1) is 11.3 Å². The molecular weight excluding hydrogens is 422 g/mol. The van der Waals surface area contributed by atoms with Gasteiger partial charge in [-0.05, 0) is 57.9 Å². The number of anilines is 2. The molecule has 124 valence electrons. The largest absolute Gasteiger partial charge is 0.313 e. The second-order valence-electron chi connectivity index (χ2n) is 5.14. The van der Waals surface area contributed by atoms with Crippen molar-refractivity contribution in [1.82, 2.24) is 4.98 Å². The van der Waals surface area contributed by atoms with Gasteiger partial charge in [0.25, 0.3) is 0 Å². The highest BCUT2D eigenvalue weighted by Gasteiger charge is 2.17. The number of hydrogen-bond donors (Lipinski definition) is 0. The van der Waals surface area contributed by atoms with E-state index in [-0.39, 0.29) is 0 Å². The smallest absolute Gasteiger partial charge is 0.191 e. The standard InChI is InChI=1S/C18H11BrClN3OS/c19-17-16(11-24)22-18(25-17)23(10-13-1-5-14(20)6-2-13)15-7-3-12(9-21)4-8-15/h1-8,11H,10H2. The first-order valence-corrected chi connectivity index (χ1v) is 9.23. The molecule has 0 fully saturated rings. The van der Waals surface area contributed by atoms with Crippen molar-refractivity contribution in [1.29, 1.82) is 5.26 Å². The first kappa shape index (κ1) is 17.6. The molecular formula is C18H11BrClN3OS. The monoisotopic (exact) mass is 431 g/mol. The Morgan fingerprint density at radius 1 is 1.20 bits per heavy atom. The molecule has 1 aromatic heterocycles. The molecule has 4 nitrogen and oxygen atoms in total. The molecule has 0 spiro atoms. The molecule has 0 radical (unpaired) electrons. The van der Waals surface area contributed by atoms with E-state index >= 15 is 0 Å². The summed E-state index contributed by atoms with van der Waals surface area (Å²) in [5, 5.41) is 10.3. The molecule has 0 saturated heterocycles. The average Bonchev–Trinajstić information content (AvgIpc) is 3.02. The Labute approximate surface area is 162 Å². The van der Waals surface area contributed by atoms with Crippen molar-refractivity contribution < 1.29 is 4.79 Å². The van der Waals surface area contributed by atoms with Crippen LogP contribution in [0.4, 0.5) is 10.8 Å². The Balaban J connectivity index is 2.01. The predicted molar refractivity (Wildman–Crippen MR) is 104 cm³/mol. The molecule has 25 heavy (non-hydrogen) atoms. The third kappa shape index (κ3) is 4.07. The maximum absolute atomic E-state index is 11.1. The van der Waals surface area contributed by atoms with E-state index < -0.39 is 0 Å². The van der Waals surface area contributed by atoms with Gasteiger partial charge in [0.05, 0.1) is 18.2 Å². The molecule has 7 heteroatoms. The maximum atomic E-state index is 11.1. The minimum atomic E-state index is 0.370. The number of hydrogen-bond acceptors (Lipinski definition) is 5. The summed E-state index contributed by atoms with van der Waals surface area (Å²) in [5.74, 6) is 0. The molecule has 0 aliphatic heterocycles. The van der Waals surface area contributed by atoms with E-state index in [1.54, 1.807) is 12.1 Å². The average molecular weight is 433 g/mol. The van der Waals surface area contributed by atoms with Crippen LogP contribution >= 0.6 is 38.9 Å². The topological polar surface area (TPSA) is 57.0 Å². The molecule has 0 amide bonds. The van der Waals surface area contributed by atoms with Crippen LogP contribution in [0.25, 0.3) is 0 Å². The maximum Gasteiger partial charge on any atom is 0.191 e. The quantitative estimate of drug-likeness (QED) is 0.494. The van der Waals surface area contributed by atoms with E-state index in [1.807, 2.05) is 41.3 Å². The van der Waals surface area contributed by atoms with Crippen molar-refractivity contribution in [3.8, 4) is 6.07 Å². The SMILES string of the molecule is N#Cc1ccc(N(Cc2ccc(Cl)cc2)c2nc(C=O)c(Br)s2)cc1. The summed E-state index contributed by atoms with van der Waals surface area (Å²) < 4.78 is 0.687. The summed E-state index contributed by atoms with van der Waals surface area (Å²) >= 11 is 10.7. The summed E-state index contributed by atoms with van der Waals surface area (Å²) in [5.41, 5.74) is 2.89. The normalized spacial score (nSPS) is 10.3. The minimum absolute atomic E-state index is 0.370. The predicted octanol–water partition coefficient (Wildman–Crippen LogP) is 5.58. The summed E-state index contributed by atoms with van der Waals surface area (Å²) in [4.78, 5) is 17.5. The van der Waals surface area contributed by atoms with Gasteiger partial charge in [-0.2, -0.15) is 5.26 Å². The lowest BCUT2D eigenvalue weighted by Crippen LogP contribution is -2.16. The van der Waals surface area contributed by atoms with E-state index in [4.69, 9.17) is 16.9 Å². The Morgan fingerprint density at radius 2 is 1.88 bits per heavy atom. The highest BCUT2D eigenvalue weighted by molar-refractivity contribution is 9.11. The number of thiazole rings is 1. The lowest BCUT2D eigenvalue weighted by atomic mass is 10.2. The van der Waals surface area contributed by atoms with Crippen LogP contribution in [0.15, 0.2) is 52.3 Å². The van der Waals surface area contributed by atoms with E-state index in [0.29, 0.717) is 31.7 Å². The van der Waals surface area contributed by atoms with Gasteiger partial charge in [-0.3, -0.25) is 4.79 Å². The Bertz CT molecular complexity index is 932. The molecule has 0 saturated carbocycles. The first-order chi connectivity index (χ1) is 12.1. The number of rotatable bonds is 5. The fourth-order valence-electron chi connectivity index (χ4n) is 2.25. The van der Waals surface area contributed by atoms with Crippen LogP contribution in [0.2, 0.25) is 5.02 Å². The molecule has 1 heterocycles. The second-order valence-corrected chi connectivity index (χ2v) is 7.88. The van der Waals surface area contributed by atoms with Gasteiger partial charge in [0, 0.05) is 10.7 Å². The van der Waals surface area contributed by atoms with Gasteiger partial charge in [-0.1, -0.05) is 35.1 Å². The van der Waals surface area contributed by atoms with Crippen molar-refractivity contribution in [2.24, 2.45) is 0 Å². The van der Waals surface area contributed by atoms with E-state index in [1.165, 1.54) is 11.3 Å². The van der Waals surface area contributed by atoms with Gasteiger partial charge < -0.3 is 4.90 Å². The number of aromatic nitrogens is 1. The third-order valence-electron chi connectivity index (χ3n) is 3.50. The van der Waals surface area contributed by atoms with E-state index in [9.17, 15) is 4.79 Å². The number of nitrogens with zero attached hydrogens (tertiary/aromatic N) is 3. The van der Waals surface area contributed by atoms with Gasteiger partial charge in [0.1, 0.15) is 9.48 Å². The second kappa shape index (κ2) is 7.79. The Morgan fingerprint density at radius 3 is 2.44 bits per heavy atom. The molecule has 0 atom stereocenters. The molecule has 0 unspecified atom stereocenters. The molecule has 0 bridgehead atoms. The molecule has 3 aromatic rings. The number of aldehydes is 1. The molecule has 0 N–H and O–H groups in total. The Hall–Kier alpha value is -2.20. The van der Waals surface area contributed by atoms with Crippen molar-refractivity contribution in [3.63, 3.8) is 0 Å². The molecule has 2 aromatic carbocycles. The van der Waals surface area contributed by atoms with Crippen molar-refractivity contribution in [2.75, 3.05) is 4.90 Å². The molecule has 3 rings (SSSR count). The highest BCUT2D eigenvalue weighted by Crippen LogP contribution is 2.35. The lowest BCUT2D eigenvalue weighted by Gasteiger charge is -2.22. The number of carbonyl (C=O) groups is 1. The van der Waals surface area contributed by atoms with E-state index in [2.05, 4.69) is 27.0 Å².